The summed E-state index contributed by atoms with van der Waals surface area (Å²) in [4.78, 5) is 10.9. The summed E-state index contributed by atoms with van der Waals surface area (Å²) in [5.74, 6) is -0.535. The Morgan fingerprint density at radius 2 is 1.76 bits per heavy atom. The van der Waals surface area contributed by atoms with Crippen LogP contribution in [0.15, 0.2) is 24.3 Å². The Hall–Kier alpha value is -1.52. The molecular formula is C12H14F3NO. The van der Waals surface area contributed by atoms with Crippen molar-refractivity contribution in [2.24, 2.45) is 5.73 Å². The zero-order valence-corrected chi connectivity index (χ0v) is 9.64. The van der Waals surface area contributed by atoms with Crippen molar-refractivity contribution in [3.63, 3.8) is 0 Å². The van der Waals surface area contributed by atoms with Crippen LogP contribution in [0.25, 0.3) is 0 Å². The van der Waals surface area contributed by atoms with Gasteiger partial charge in [-0.15, -0.1) is 0 Å². The van der Waals surface area contributed by atoms with E-state index in [1.165, 1.54) is 6.07 Å². The fourth-order valence-electron chi connectivity index (χ4n) is 1.65. The Kier molecular flexibility index (Phi) is 3.50. The van der Waals surface area contributed by atoms with Crippen LogP contribution in [0, 0.1) is 0 Å². The van der Waals surface area contributed by atoms with Gasteiger partial charge in [-0.3, -0.25) is 4.79 Å². The molecule has 0 fully saturated rings. The minimum Gasteiger partial charge on any atom is -0.370 e. The van der Waals surface area contributed by atoms with Crippen LogP contribution in [0.3, 0.4) is 0 Å². The fourth-order valence-corrected chi connectivity index (χ4v) is 1.65. The number of amides is 1. The standard InChI is InChI=1S/C12H14F3NO/c1-11(2,7-10(16)17)8-4-3-5-9(6-8)12(13,14)15/h3-6H,7H2,1-2H3,(H2,16,17). The minimum absolute atomic E-state index is 0.00824. The molecule has 2 nitrogen and oxygen atoms in total. The van der Waals surface area contributed by atoms with E-state index in [2.05, 4.69) is 0 Å². The SMILES string of the molecule is CC(C)(CC(N)=O)c1cccc(C(F)(F)F)c1. The molecule has 0 unspecified atom stereocenters. The second kappa shape index (κ2) is 4.39. The molecule has 0 aliphatic rings. The van der Waals surface area contributed by atoms with Gasteiger partial charge in [-0.25, -0.2) is 0 Å². The van der Waals surface area contributed by atoms with Gasteiger partial charge in [0, 0.05) is 6.42 Å². The molecule has 1 aromatic carbocycles. The van der Waals surface area contributed by atoms with E-state index in [0.717, 1.165) is 12.1 Å². The molecule has 0 aliphatic heterocycles. The predicted molar refractivity (Wildman–Crippen MR) is 58.3 cm³/mol. The van der Waals surface area contributed by atoms with Gasteiger partial charge in [-0.2, -0.15) is 13.2 Å². The third-order valence-electron chi connectivity index (χ3n) is 2.59. The quantitative estimate of drug-likeness (QED) is 0.874. The van der Waals surface area contributed by atoms with Crippen LogP contribution in [0.1, 0.15) is 31.4 Å². The molecule has 1 amide bonds. The lowest BCUT2D eigenvalue weighted by atomic mass is 9.81. The van der Waals surface area contributed by atoms with Crippen molar-refractivity contribution in [1.82, 2.24) is 0 Å². The summed E-state index contributed by atoms with van der Waals surface area (Å²) >= 11 is 0. The van der Waals surface area contributed by atoms with E-state index >= 15 is 0 Å². The van der Waals surface area contributed by atoms with E-state index in [-0.39, 0.29) is 6.42 Å². The van der Waals surface area contributed by atoms with Crippen LogP contribution in [0.4, 0.5) is 13.2 Å². The molecule has 2 N–H and O–H groups in total. The zero-order valence-electron chi connectivity index (χ0n) is 9.64. The van der Waals surface area contributed by atoms with E-state index in [1.807, 2.05) is 0 Å². The maximum Gasteiger partial charge on any atom is 0.416 e. The Morgan fingerprint density at radius 1 is 1.24 bits per heavy atom. The average molecular weight is 245 g/mol. The van der Waals surface area contributed by atoms with E-state index in [1.54, 1.807) is 19.9 Å². The van der Waals surface area contributed by atoms with Crippen LogP contribution < -0.4 is 5.73 Å². The first-order chi connectivity index (χ1) is 7.63. The normalized spacial score (nSPS) is 12.5. The second-order valence-corrected chi connectivity index (χ2v) is 4.61. The zero-order chi connectivity index (χ0) is 13.3. The van der Waals surface area contributed by atoms with Gasteiger partial charge in [-0.1, -0.05) is 32.0 Å². The molecule has 0 saturated heterocycles. The van der Waals surface area contributed by atoms with E-state index < -0.39 is 23.1 Å². The topological polar surface area (TPSA) is 43.1 Å². The minimum atomic E-state index is -4.38. The van der Waals surface area contributed by atoms with Crippen molar-refractivity contribution in [2.75, 3.05) is 0 Å². The summed E-state index contributed by atoms with van der Waals surface area (Å²) in [5.41, 5.74) is 4.11. The Labute approximate surface area is 97.6 Å². The summed E-state index contributed by atoms with van der Waals surface area (Å²) < 4.78 is 37.6. The molecule has 0 spiro atoms. The van der Waals surface area contributed by atoms with E-state index in [0.29, 0.717) is 5.56 Å². The summed E-state index contributed by atoms with van der Waals surface area (Å²) in [6, 6.07) is 4.96. The third-order valence-corrected chi connectivity index (χ3v) is 2.59. The summed E-state index contributed by atoms with van der Waals surface area (Å²) in [6.07, 6.45) is -4.37. The number of primary amides is 1. The molecule has 17 heavy (non-hydrogen) atoms. The van der Waals surface area contributed by atoms with Crippen molar-refractivity contribution in [3.05, 3.63) is 35.4 Å². The highest BCUT2D eigenvalue weighted by Gasteiger charge is 2.32. The van der Waals surface area contributed by atoms with Gasteiger partial charge in [0.1, 0.15) is 0 Å². The number of alkyl halides is 3. The van der Waals surface area contributed by atoms with Gasteiger partial charge in [0.2, 0.25) is 5.91 Å². The van der Waals surface area contributed by atoms with Crippen molar-refractivity contribution < 1.29 is 18.0 Å². The number of rotatable bonds is 3. The second-order valence-electron chi connectivity index (χ2n) is 4.61. The van der Waals surface area contributed by atoms with Crippen molar-refractivity contribution >= 4 is 5.91 Å². The average Bonchev–Trinajstić information content (AvgIpc) is 2.14. The maximum atomic E-state index is 12.5. The summed E-state index contributed by atoms with van der Waals surface area (Å²) in [6.45, 7) is 3.38. The summed E-state index contributed by atoms with van der Waals surface area (Å²) in [7, 11) is 0. The molecule has 0 radical (unpaired) electrons. The van der Waals surface area contributed by atoms with Crippen LogP contribution in [0.2, 0.25) is 0 Å². The van der Waals surface area contributed by atoms with Gasteiger partial charge in [0.15, 0.2) is 0 Å². The number of carbonyl (C=O) groups is 1. The van der Waals surface area contributed by atoms with Gasteiger partial charge >= 0.3 is 6.18 Å². The van der Waals surface area contributed by atoms with E-state index in [9.17, 15) is 18.0 Å². The molecular weight excluding hydrogens is 231 g/mol. The number of benzene rings is 1. The fraction of sp³-hybridized carbons (Fsp3) is 0.417. The predicted octanol–water partition coefficient (Wildman–Crippen LogP) is 2.86. The highest BCUT2D eigenvalue weighted by atomic mass is 19.4. The molecule has 94 valence electrons. The van der Waals surface area contributed by atoms with Crippen LogP contribution in [-0.4, -0.2) is 5.91 Å². The highest BCUT2D eigenvalue weighted by molar-refractivity contribution is 5.75. The van der Waals surface area contributed by atoms with Gasteiger partial charge in [0.25, 0.3) is 0 Å². The molecule has 0 saturated carbocycles. The first-order valence-corrected chi connectivity index (χ1v) is 5.09. The Balaban J connectivity index is 3.11. The molecule has 0 aliphatic carbocycles. The lowest BCUT2D eigenvalue weighted by Gasteiger charge is -2.24. The van der Waals surface area contributed by atoms with Crippen LogP contribution in [0.5, 0.6) is 0 Å². The van der Waals surface area contributed by atoms with Gasteiger partial charge in [-0.05, 0) is 17.0 Å². The molecule has 0 atom stereocenters. The molecule has 5 heteroatoms. The maximum absolute atomic E-state index is 12.5. The number of halogens is 3. The van der Waals surface area contributed by atoms with Crippen molar-refractivity contribution in [1.29, 1.82) is 0 Å². The monoisotopic (exact) mass is 245 g/mol. The van der Waals surface area contributed by atoms with Crippen molar-refractivity contribution in [3.8, 4) is 0 Å². The largest absolute Gasteiger partial charge is 0.416 e. The highest BCUT2D eigenvalue weighted by Crippen LogP contribution is 2.33. The van der Waals surface area contributed by atoms with Crippen molar-refractivity contribution in [2.45, 2.75) is 31.9 Å². The van der Waals surface area contributed by atoms with Crippen LogP contribution >= 0.6 is 0 Å². The first-order valence-electron chi connectivity index (χ1n) is 5.09. The lowest BCUT2D eigenvalue weighted by Crippen LogP contribution is -2.26. The molecule has 1 aromatic rings. The van der Waals surface area contributed by atoms with Gasteiger partial charge in [0.05, 0.1) is 5.56 Å². The van der Waals surface area contributed by atoms with E-state index in [4.69, 9.17) is 5.73 Å². The summed E-state index contributed by atoms with van der Waals surface area (Å²) in [5, 5.41) is 0. The smallest absolute Gasteiger partial charge is 0.370 e. The lowest BCUT2D eigenvalue weighted by molar-refractivity contribution is -0.137. The number of nitrogens with two attached hydrogens (primary N) is 1. The number of hydrogen-bond acceptors (Lipinski definition) is 1. The number of hydrogen-bond donors (Lipinski definition) is 1. The molecule has 0 bridgehead atoms. The molecule has 0 aromatic heterocycles. The Morgan fingerprint density at radius 3 is 2.24 bits per heavy atom. The first kappa shape index (κ1) is 13.5. The van der Waals surface area contributed by atoms with Crippen LogP contribution in [-0.2, 0) is 16.4 Å². The molecule has 0 heterocycles. The van der Waals surface area contributed by atoms with Gasteiger partial charge < -0.3 is 5.73 Å². The number of carbonyl (C=O) groups excluding carboxylic acids is 1. The third kappa shape index (κ3) is 3.47. The Bertz CT molecular complexity index is 424. The molecule has 1 rings (SSSR count).